The molecule has 15 heavy (non-hydrogen) atoms. The van der Waals surface area contributed by atoms with E-state index in [1.807, 2.05) is 13.0 Å². The maximum Gasteiger partial charge on any atom is 0.195 e. The Labute approximate surface area is 96.1 Å². The lowest BCUT2D eigenvalue weighted by Gasteiger charge is -2.05. The largest absolute Gasteiger partial charge is 0.291 e. The number of carbonyl (C=O) groups excluding carboxylic acids is 1. The third kappa shape index (κ3) is 2.23. The summed E-state index contributed by atoms with van der Waals surface area (Å²) in [6, 6.07) is 8.49. The smallest absolute Gasteiger partial charge is 0.195 e. The molecular weight excluding hydrogens is 256 g/mol. The Morgan fingerprint density at radius 3 is 2.53 bits per heavy atom. The van der Waals surface area contributed by atoms with E-state index in [0.717, 1.165) is 5.56 Å². The Morgan fingerprint density at radius 2 is 2.00 bits per heavy atom. The van der Waals surface area contributed by atoms with Crippen LogP contribution in [0.25, 0.3) is 0 Å². The maximum absolute atomic E-state index is 11.7. The molecule has 0 spiro atoms. The number of nitrogens with zero attached hydrogens (tertiary/aromatic N) is 2. The normalized spacial score (nSPS) is 9.40. The van der Waals surface area contributed by atoms with Gasteiger partial charge in [-0.25, -0.2) is 0 Å². The quantitative estimate of drug-likeness (QED) is 0.770. The highest BCUT2D eigenvalue weighted by Crippen LogP contribution is 2.23. The van der Waals surface area contributed by atoms with Gasteiger partial charge in [0.25, 0.3) is 0 Å². The molecular formula is C11H7BrN2O. The van der Waals surface area contributed by atoms with E-state index in [1.165, 1.54) is 0 Å². The summed E-state index contributed by atoms with van der Waals surface area (Å²) in [5.41, 5.74) is 1.28. The number of aryl methyl sites for hydroxylation is 1. The molecule has 0 fully saturated rings. The van der Waals surface area contributed by atoms with Crippen LogP contribution in [0.5, 0.6) is 0 Å². The Hall–Kier alpha value is -1.65. The van der Waals surface area contributed by atoms with Gasteiger partial charge in [0.15, 0.2) is 11.7 Å². The summed E-state index contributed by atoms with van der Waals surface area (Å²) in [7, 11) is 0. The van der Waals surface area contributed by atoms with Gasteiger partial charge in [-0.3, -0.25) is 4.79 Å². The lowest BCUT2D eigenvalue weighted by atomic mass is 9.99. The van der Waals surface area contributed by atoms with Crippen LogP contribution in [0.2, 0.25) is 0 Å². The van der Waals surface area contributed by atoms with Crippen molar-refractivity contribution in [2.75, 3.05) is 0 Å². The van der Waals surface area contributed by atoms with E-state index in [9.17, 15) is 4.79 Å². The predicted octanol–water partition coefficient (Wildman–Crippen LogP) is 2.60. The number of rotatable bonds is 2. The van der Waals surface area contributed by atoms with Crippen molar-refractivity contribution in [3.05, 3.63) is 33.8 Å². The molecule has 0 N–H and O–H groups in total. The molecule has 1 rings (SSSR count). The van der Waals surface area contributed by atoms with Crippen LogP contribution in [-0.2, 0) is 0 Å². The summed E-state index contributed by atoms with van der Waals surface area (Å²) >= 11 is 3.27. The van der Waals surface area contributed by atoms with Crippen molar-refractivity contribution in [2.24, 2.45) is 5.92 Å². The Kier molecular flexibility index (Phi) is 3.60. The van der Waals surface area contributed by atoms with Crippen LogP contribution in [0.1, 0.15) is 15.9 Å². The van der Waals surface area contributed by atoms with Crippen LogP contribution in [0.4, 0.5) is 0 Å². The van der Waals surface area contributed by atoms with Crippen molar-refractivity contribution in [1.29, 1.82) is 10.5 Å². The average Bonchev–Trinajstić information content (AvgIpc) is 2.23. The van der Waals surface area contributed by atoms with Crippen molar-refractivity contribution in [3.63, 3.8) is 0 Å². The zero-order chi connectivity index (χ0) is 11.4. The molecule has 0 atom stereocenters. The number of halogens is 1. The second-order valence-corrected chi connectivity index (χ2v) is 3.78. The topological polar surface area (TPSA) is 64.7 Å². The molecule has 0 aliphatic carbocycles. The van der Waals surface area contributed by atoms with Gasteiger partial charge in [0.1, 0.15) is 0 Å². The van der Waals surface area contributed by atoms with Gasteiger partial charge in [-0.2, -0.15) is 10.5 Å². The van der Waals surface area contributed by atoms with Gasteiger partial charge in [0, 0.05) is 10.0 Å². The fraction of sp³-hybridized carbons (Fsp3) is 0.182. The van der Waals surface area contributed by atoms with Crippen molar-refractivity contribution in [1.82, 2.24) is 0 Å². The number of ketones is 1. The van der Waals surface area contributed by atoms with Gasteiger partial charge >= 0.3 is 0 Å². The van der Waals surface area contributed by atoms with Crippen molar-refractivity contribution < 1.29 is 4.79 Å². The summed E-state index contributed by atoms with van der Waals surface area (Å²) in [5, 5.41) is 17.2. The highest BCUT2D eigenvalue weighted by atomic mass is 79.9. The molecule has 0 saturated heterocycles. The number of hydrogen-bond donors (Lipinski definition) is 0. The Balaban J connectivity index is 3.20. The van der Waals surface area contributed by atoms with E-state index < -0.39 is 11.7 Å². The lowest BCUT2D eigenvalue weighted by molar-refractivity contribution is 0.0970. The second kappa shape index (κ2) is 4.72. The van der Waals surface area contributed by atoms with Gasteiger partial charge in [-0.1, -0.05) is 18.2 Å². The number of carbonyl (C=O) groups is 1. The van der Waals surface area contributed by atoms with E-state index in [0.29, 0.717) is 10.0 Å². The summed E-state index contributed by atoms with van der Waals surface area (Å²) in [6.45, 7) is 1.84. The molecule has 0 radical (unpaired) electrons. The van der Waals surface area contributed by atoms with Gasteiger partial charge in [0.05, 0.1) is 12.1 Å². The summed E-state index contributed by atoms with van der Waals surface area (Å²) in [6.07, 6.45) is 0. The van der Waals surface area contributed by atoms with Crippen LogP contribution >= 0.6 is 15.9 Å². The summed E-state index contributed by atoms with van der Waals surface area (Å²) in [5.74, 6) is -1.70. The van der Waals surface area contributed by atoms with Crippen molar-refractivity contribution >= 4 is 21.7 Å². The highest BCUT2D eigenvalue weighted by molar-refractivity contribution is 9.10. The monoisotopic (exact) mass is 262 g/mol. The number of hydrogen-bond acceptors (Lipinski definition) is 3. The molecule has 0 bridgehead atoms. The fourth-order valence-electron chi connectivity index (χ4n) is 1.14. The number of Topliss-reactive ketones (excluding diaryl/α,β-unsaturated/α-hetero) is 1. The lowest BCUT2D eigenvalue weighted by Crippen LogP contribution is -2.11. The highest BCUT2D eigenvalue weighted by Gasteiger charge is 2.21. The van der Waals surface area contributed by atoms with E-state index in [1.54, 1.807) is 24.3 Å². The van der Waals surface area contributed by atoms with Crippen LogP contribution < -0.4 is 0 Å². The molecule has 0 amide bonds. The molecule has 4 heteroatoms. The standard InChI is InChI=1S/C11H7BrN2O/c1-7-3-2-4-9(10(7)12)11(15)8(5-13)6-14/h2-4,8H,1H3. The molecule has 0 aromatic heterocycles. The molecule has 3 nitrogen and oxygen atoms in total. The van der Waals surface area contributed by atoms with Crippen LogP contribution in [0, 0.1) is 35.5 Å². The fourth-order valence-corrected chi connectivity index (χ4v) is 1.60. The minimum atomic E-state index is -1.23. The molecule has 74 valence electrons. The van der Waals surface area contributed by atoms with E-state index >= 15 is 0 Å². The molecule has 0 heterocycles. The van der Waals surface area contributed by atoms with Gasteiger partial charge in [-0.15, -0.1) is 0 Å². The van der Waals surface area contributed by atoms with E-state index in [2.05, 4.69) is 15.9 Å². The number of nitriles is 2. The average molecular weight is 263 g/mol. The number of benzene rings is 1. The third-order valence-corrected chi connectivity index (χ3v) is 3.03. The minimum absolute atomic E-state index is 0.378. The zero-order valence-electron chi connectivity index (χ0n) is 7.99. The van der Waals surface area contributed by atoms with Crippen LogP contribution in [0.3, 0.4) is 0 Å². The first-order chi connectivity index (χ1) is 7.11. The van der Waals surface area contributed by atoms with Crippen molar-refractivity contribution in [2.45, 2.75) is 6.92 Å². The molecule has 0 unspecified atom stereocenters. The predicted molar refractivity (Wildman–Crippen MR) is 57.9 cm³/mol. The molecule has 0 aliphatic heterocycles. The zero-order valence-corrected chi connectivity index (χ0v) is 9.58. The maximum atomic E-state index is 11.7. The first kappa shape index (κ1) is 11.4. The third-order valence-electron chi connectivity index (χ3n) is 1.98. The molecule has 1 aromatic rings. The van der Waals surface area contributed by atoms with Gasteiger partial charge < -0.3 is 0 Å². The van der Waals surface area contributed by atoms with E-state index in [-0.39, 0.29) is 0 Å². The second-order valence-electron chi connectivity index (χ2n) is 2.99. The minimum Gasteiger partial charge on any atom is -0.291 e. The van der Waals surface area contributed by atoms with Crippen LogP contribution in [-0.4, -0.2) is 5.78 Å². The first-order valence-corrected chi connectivity index (χ1v) is 4.99. The first-order valence-electron chi connectivity index (χ1n) is 4.20. The molecule has 0 saturated carbocycles. The van der Waals surface area contributed by atoms with Crippen LogP contribution in [0.15, 0.2) is 22.7 Å². The molecule has 0 aliphatic rings. The molecule has 1 aromatic carbocycles. The summed E-state index contributed by atoms with van der Waals surface area (Å²) in [4.78, 5) is 11.7. The summed E-state index contributed by atoms with van der Waals surface area (Å²) < 4.78 is 0.644. The van der Waals surface area contributed by atoms with Gasteiger partial charge in [-0.05, 0) is 28.4 Å². The van der Waals surface area contributed by atoms with E-state index in [4.69, 9.17) is 10.5 Å². The SMILES string of the molecule is Cc1cccc(C(=O)C(C#N)C#N)c1Br. The van der Waals surface area contributed by atoms with Gasteiger partial charge in [0.2, 0.25) is 0 Å². The Bertz CT molecular complexity index is 468. The Morgan fingerprint density at radius 1 is 1.40 bits per heavy atom. The van der Waals surface area contributed by atoms with Crippen molar-refractivity contribution in [3.8, 4) is 12.1 Å².